The number of hydrogen-bond acceptors (Lipinski definition) is 5. The van der Waals surface area contributed by atoms with E-state index in [1.54, 1.807) is 7.11 Å². The van der Waals surface area contributed by atoms with E-state index in [0.717, 1.165) is 24.2 Å². The molecular weight excluding hydrogens is 228 g/mol. The first kappa shape index (κ1) is 13.1. The standard InChI is InChI=1S/C13H22N4O/c1-9(17(3)11-5-6-11)8-14-12-7-13(18-4)16-10(2)15-12/h7,9,11H,5-6,8H2,1-4H3,(H,14,15,16). The summed E-state index contributed by atoms with van der Waals surface area (Å²) in [6.07, 6.45) is 2.67. The maximum atomic E-state index is 5.14. The zero-order chi connectivity index (χ0) is 13.1. The fourth-order valence-electron chi connectivity index (χ4n) is 1.97. The fourth-order valence-corrected chi connectivity index (χ4v) is 1.97. The molecule has 1 aromatic heterocycles. The van der Waals surface area contributed by atoms with Crippen molar-refractivity contribution in [2.75, 3.05) is 26.0 Å². The van der Waals surface area contributed by atoms with E-state index in [0.29, 0.717) is 11.9 Å². The molecule has 1 saturated carbocycles. The van der Waals surface area contributed by atoms with E-state index in [1.807, 2.05) is 13.0 Å². The van der Waals surface area contributed by atoms with Crippen LogP contribution in [0.2, 0.25) is 0 Å². The molecule has 100 valence electrons. The lowest BCUT2D eigenvalue weighted by Crippen LogP contribution is -2.36. The van der Waals surface area contributed by atoms with Crippen LogP contribution in [0, 0.1) is 6.92 Å². The number of nitrogens with one attached hydrogen (secondary N) is 1. The van der Waals surface area contributed by atoms with Gasteiger partial charge in [-0.1, -0.05) is 0 Å². The molecule has 0 bridgehead atoms. The quantitative estimate of drug-likeness (QED) is 0.832. The smallest absolute Gasteiger partial charge is 0.218 e. The first-order valence-corrected chi connectivity index (χ1v) is 6.45. The van der Waals surface area contributed by atoms with Gasteiger partial charge in [0.15, 0.2) is 0 Å². The molecule has 1 heterocycles. The van der Waals surface area contributed by atoms with Crippen LogP contribution in [0.25, 0.3) is 0 Å². The summed E-state index contributed by atoms with van der Waals surface area (Å²) in [5.74, 6) is 2.16. The highest BCUT2D eigenvalue weighted by Gasteiger charge is 2.28. The van der Waals surface area contributed by atoms with Crippen molar-refractivity contribution in [2.45, 2.75) is 38.8 Å². The average Bonchev–Trinajstić information content (AvgIpc) is 3.18. The van der Waals surface area contributed by atoms with E-state index < -0.39 is 0 Å². The minimum atomic E-state index is 0.499. The van der Waals surface area contributed by atoms with Gasteiger partial charge in [0.2, 0.25) is 5.88 Å². The van der Waals surface area contributed by atoms with Crippen LogP contribution in [-0.2, 0) is 0 Å². The second-order valence-corrected chi connectivity index (χ2v) is 4.97. The molecule has 1 fully saturated rings. The van der Waals surface area contributed by atoms with Gasteiger partial charge in [0, 0.05) is 24.7 Å². The minimum absolute atomic E-state index is 0.499. The molecule has 0 saturated heterocycles. The summed E-state index contributed by atoms with van der Waals surface area (Å²) >= 11 is 0. The summed E-state index contributed by atoms with van der Waals surface area (Å²) in [4.78, 5) is 11.0. The van der Waals surface area contributed by atoms with Crippen molar-refractivity contribution < 1.29 is 4.74 Å². The molecule has 1 N–H and O–H groups in total. The molecule has 5 heteroatoms. The Hall–Kier alpha value is -1.36. The number of hydrogen-bond donors (Lipinski definition) is 1. The minimum Gasteiger partial charge on any atom is -0.481 e. The molecular formula is C13H22N4O. The molecule has 1 unspecified atom stereocenters. The Morgan fingerprint density at radius 1 is 1.50 bits per heavy atom. The van der Waals surface area contributed by atoms with Crippen LogP contribution in [0.4, 0.5) is 5.82 Å². The Balaban J connectivity index is 1.90. The van der Waals surface area contributed by atoms with Gasteiger partial charge < -0.3 is 10.1 Å². The average molecular weight is 250 g/mol. The van der Waals surface area contributed by atoms with Crippen LogP contribution in [0.1, 0.15) is 25.6 Å². The lowest BCUT2D eigenvalue weighted by molar-refractivity contribution is 0.257. The van der Waals surface area contributed by atoms with Gasteiger partial charge >= 0.3 is 0 Å². The lowest BCUT2D eigenvalue weighted by atomic mass is 10.3. The van der Waals surface area contributed by atoms with Gasteiger partial charge in [-0.15, -0.1) is 0 Å². The third kappa shape index (κ3) is 3.32. The largest absolute Gasteiger partial charge is 0.481 e. The first-order valence-electron chi connectivity index (χ1n) is 6.45. The summed E-state index contributed by atoms with van der Waals surface area (Å²) in [6.45, 7) is 4.98. The maximum Gasteiger partial charge on any atom is 0.218 e. The highest BCUT2D eigenvalue weighted by atomic mass is 16.5. The van der Waals surface area contributed by atoms with Crippen molar-refractivity contribution in [1.82, 2.24) is 14.9 Å². The number of aromatic nitrogens is 2. The Kier molecular flexibility index (Phi) is 4.01. The molecule has 1 atom stereocenters. The van der Waals surface area contributed by atoms with Crippen LogP contribution in [0.5, 0.6) is 5.88 Å². The third-order valence-corrected chi connectivity index (χ3v) is 3.42. The van der Waals surface area contributed by atoms with E-state index in [9.17, 15) is 0 Å². The zero-order valence-corrected chi connectivity index (χ0v) is 11.6. The van der Waals surface area contributed by atoms with Crippen LogP contribution in [0.3, 0.4) is 0 Å². The van der Waals surface area contributed by atoms with Crippen molar-refractivity contribution in [2.24, 2.45) is 0 Å². The Morgan fingerprint density at radius 3 is 2.83 bits per heavy atom. The number of nitrogens with zero attached hydrogens (tertiary/aromatic N) is 3. The molecule has 0 amide bonds. The van der Waals surface area contributed by atoms with E-state index in [1.165, 1.54) is 12.8 Å². The first-order chi connectivity index (χ1) is 8.60. The molecule has 0 aromatic carbocycles. The number of rotatable bonds is 6. The molecule has 18 heavy (non-hydrogen) atoms. The molecule has 1 aliphatic carbocycles. The van der Waals surface area contributed by atoms with Crippen LogP contribution >= 0.6 is 0 Å². The SMILES string of the molecule is COc1cc(NCC(C)N(C)C2CC2)nc(C)n1. The van der Waals surface area contributed by atoms with Gasteiger partial charge in [0.05, 0.1) is 7.11 Å². The molecule has 0 spiro atoms. The molecule has 2 rings (SSSR count). The van der Waals surface area contributed by atoms with Crippen molar-refractivity contribution in [1.29, 1.82) is 0 Å². The van der Waals surface area contributed by atoms with Gasteiger partial charge in [-0.05, 0) is 33.7 Å². The predicted octanol–water partition coefficient (Wildman–Crippen LogP) is 1.69. The maximum absolute atomic E-state index is 5.14. The number of likely N-dealkylation sites (N-methyl/N-ethyl adjacent to an activating group) is 1. The van der Waals surface area contributed by atoms with Gasteiger partial charge in [0.1, 0.15) is 11.6 Å². The Labute approximate surface area is 109 Å². The molecule has 1 aliphatic rings. The van der Waals surface area contributed by atoms with Crippen molar-refractivity contribution >= 4 is 5.82 Å². The van der Waals surface area contributed by atoms with E-state index in [4.69, 9.17) is 4.74 Å². The number of ether oxygens (including phenoxy) is 1. The van der Waals surface area contributed by atoms with Crippen LogP contribution < -0.4 is 10.1 Å². The van der Waals surface area contributed by atoms with E-state index in [-0.39, 0.29) is 0 Å². The molecule has 0 aliphatic heterocycles. The van der Waals surface area contributed by atoms with E-state index in [2.05, 4.69) is 34.2 Å². The number of methoxy groups -OCH3 is 1. The summed E-state index contributed by atoms with van der Waals surface area (Å²) in [5.41, 5.74) is 0. The summed E-state index contributed by atoms with van der Waals surface area (Å²) < 4.78 is 5.14. The van der Waals surface area contributed by atoms with Gasteiger partial charge in [0.25, 0.3) is 0 Å². The Bertz CT molecular complexity index is 406. The normalized spacial score (nSPS) is 16.7. The summed E-state index contributed by atoms with van der Waals surface area (Å²) in [5, 5.41) is 3.35. The molecule has 5 nitrogen and oxygen atoms in total. The van der Waals surface area contributed by atoms with Crippen LogP contribution in [0.15, 0.2) is 6.07 Å². The Morgan fingerprint density at radius 2 is 2.22 bits per heavy atom. The third-order valence-electron chi connectivity index (χ3n) is 3.42. The highest BCUT2D eigenvalue weighted by molar-refractivity contribution is 5.38. The predicted molar refractivity (Wildman–Crippen MR) is 72.1 cm³/mol. The van der Waals surface area contributed by atoms with E-state index >= 15 is 0 Å². The topological polar surface area (TPSA) is 50.3 Å². The second kappa shape index (κ2) is 5.52. The van der Waals surface area contributed by atoms with Crippen molar-refractivity contribution in [3.8, 4) is 5.88 Å². The van der Waals surface area contributed by atoms with Crippen molar-refractivity contribution in [3.63, 3.8) is 0 Å². The summed E-state index contributed by atoms with van der Waals surface area (Å²) in [6, 6.07) is 3.11. The zero-order valence-electron chi connectivity index (χ0n) is 11.6. The number of anilines is 1. The monoisotopic (exact) mass is 250 g/mol. The lowest BCUT2D eigenvalue weighted by Gasteiger charge is -2.24. The van der Waals surface area contributed by atoms with Gasteiger partial charge in [-0.3, -0.25) is 4.90 Å². The fraction of sp³-hybridized carbons (Fsp3) is 0.692. The number of aryl methyl sites for hydroxylation is 1. The second-order valence-electron chi connectivity index (χ2n) is 4.97. The van der Waals surface area contributed by atoms with Crippen LogP contribution in [-0.4, -0.2) is 47.7 Å². The molecule has 0 radical (unpaired) electrons. The van der Waals surface area contributed by atoms with Gasteiger partial charge in [-0.2, -0.15) is 4.98 Å². The van der Waals surface area contributed by atoms with Gasteiger partial charge in [-0.25, -0.2) is 4.98 Å². The summed E-state index contributed by atoms with van der Waals surface area (Å²) in [7, 11) is 3.81. The van der Waals surface area contributed by atoms with Crippen molar-refractivity contribution in [3.05, 3.63) is 11.9 Å². The molecule has 1 aromatic rings. The highest BCUT2D eigenvalue weighted by Crippen LogP contribution is 2.26.